The molecule has 2 aromatic carbocycles. The van der Waals surface area contributed by atoms with Gasteiger partial charge in [-0.1, -0.05) is 25.5 Å². The second-order valence-electron chi connectivity index (χ2n) is 7.04. The van der Waals surface area contributed by atoms with Crippen LogP contribution in [0.5, 0.6) is 0 Å². The minimum absolute atomic E-state index is 0.0244. The van der Waals surface area contributed by atoms with Crippen LogP contribution in [0.2, 0.25) is 0 Å². The number of rotatable bonds is 9. The number of esters is 1. The van der Waals surface area contributed by atoms with E-state index in [4.69, 9.17) is 4.74 Å². The van der Waals surface area contributed by atoms with Gasteiger partial charge in [-0.3, -0.25) is 9.59 Å². The molecule has 8 heteroatoms. The number of aromatic nitrogens is 1. The van der Waals surface area contributed by atoms with E-state index in [1.807, 2.05) is 24.3 Å². The van der Waals surface area contributed by atoms with Gasteiger partial charge in [-0.05, 0) is 31.0 Å². The van der Waals surface area contributed by atoms with E-state index in [-0.39, 0.29) is 42.1 Å². The summed E-state index contributed by atoms with van der Waals surface area (Å²) in [5, 5.41) is 0.474. The zero-order valence-electron chi connectivity index (χ0n) is 17.5. The SMILES string of the molecule is CCCc1ccc(N(Cc2nc3cc(F)cc(F)c3s2)C(=O)CCC(=O)OCC)cc1. The Morgan fingerprint density at radius 3 is 2.52 bits per heavy atom. The Bertz CT molecular complexity index is 1070. The molecule has 3 rings (SSSR count). The summed E-state index contributed by atoms with van der Waals surface area (Å²) in [6.45, 7) is 4.14. The first-order valence-electron chi connectivity index (χ1n) is 10.2. The second-order valence-corrected chi connectivity index (χ2v) is 8.13. The average Bonchev–Trinajstić information content (AvgIpc) is 3.14. The molecule has 1 heterocycles. The summed E-state index contributed by atoms with van der Waals surface area (Å²) in [6.07, 6.45) is 1.88. The van der Waals surface area contributed by atoms with Gasteiger partial charge in [0.2, 0.25) is 5.91 Å². The van der Waals surface area contributed by atoms with Gasteiger partial charge in [0.15, 0.2) is 0 Å². The summed E-state index contributed by atoms with van der Waals surface area (Å²) >= 11 is 1.08. The van der Waals surface area contributed by atoms with E-state index < -0.39 is 17.6 Å². The van der Waals surface area contributed by atoms with Crippen LogP contribution >= 0.6 is 11.3 Å². The number of nitrogens with zero attached hydrogens (tertiary/aromatic N) is 2. The molecule has 0 unspecified atom stereocenters. The van der Waals surface area contributed by atoms with Crippen molar-refractivity contribution in [2.45, 2.75) is 46.1 Å². The lowest BCUT2D eigenvalue weighted by atomic mass is 10.1. The van der Waals surface area contributed by atoms with Crippen molar-refractivity contribution in [1.82, 2.24) is 4.98 Å². The fourth-order valence-electron chi connectivity index (χ4n) is 3.24. The van der Waals surface area contributed by atoms with Crippen LogP contribution in [0.15, 0.2) is 36.4 Å². The summed E-state index contributed by atoms with van der Waals surface area (Å²) < 4.78 is 32.7. The Kier molecular flexibility index (Phi) is 7.68. The van der Waals surface area contributed by atoms with Crippen molar-refractivity contribution in [1.29, 1.82) is 0 Å². The topological polar surface area (TPSA) is 59.5 Å². The summed E-state index contributed by atoms with van der Waals surface area (Å²) in [5.74, 6) is -2.09. The second kappa shape index (κ2) is 10.4. The molecule has 1 amide bonds. The molecule has 3 aromatic rings. The molecular weight excluding hydrogens is 422 g/mol. The summed E-state index contributed by atoms with van der Waals surface area (Å²) in [5.41, 5.74) is 2.03. The number of carbonyl (C=O) groups excluding carboxylic acids is 2. The lowest BCUT2D eigenvalue weighted by molar-refractivity contribution is -0.144. The van der Waals surface area contributed by atoms with E-state index in [9.17, 15) is 18.4 Å². The van der Waals surface area contributed by atoms with Crippen molar-refractivity contribution in [2.75, 3.05) is 11.5 Å². The Morgan fingerprint density at radius 2 is 1.84 bits per heavy atom. The van der Waals surface area contributed by atoms with Crippen molar-refractivity contribution < 1.29 is 23.1 Å². The Hall–Kier alpha value is -2.87. The molecule has 31 heavy (non-hydrogen) atoms. The highest BCUT2D eigenvalue weighted by Gasteiger charge is 2.20. The number of thiazole rings is 1. The van der Waals surface area contributed by atoms with E-state index in [1.54, 1.807) is 6.92 Å². The van der Waals surface area contributed by atoms with E-state index in [0.717, 1.165) is 35.8 Å². The lowest BCUT2D eigenvalue weighted by Crippen LogP contribution is -2.30. The van der Waals surface area contributed by atoms with Crippen molar-refractivity contribution in [3.63, 3.8) is 0 Å². The van der Waals surface area contributed by atoms with Gasteiger partial charge < -0.3 is 9.64 Å². The van der Waals surface area contributed by atoms with Crippen LogP contribution in [0.25, 0.3) is 10.2 Å². The van der Waals surface area contributed by atoms with Gasteiger partial charge in [0.25, 0.3) is 0 Å². The molecule has 0 aliphatic heterocycles. The molecule has 0 aliphatic carbocycles. The first-order chi connectivity index (χ1) is 14.9. The third-order valence-electron chi connectivity index (χ3n) is 4.68. The number of aryl methyl sites for hydroxylation is 1. The quantitative estimate of drug-likeness (QED) is 0.413. The molecular formula is C23H24F2N2O3S. The third kappa shape index (κ3) is 5.85. The molecule has 164 valence electrons. The number of hydrogen-bond donors (Lipinski definition) is 0. The average molecular weight is 447 g/mol. The van der Waals surface area contributed by atoms with E-state index in [1.165, 1.54) is 11.0 Å². The van der Waals surface area contributed by atoms with Crippen LogP contribution in [-0.2, 0) is 27.3 Å². The number of carbonyl (C=O) groups is 2. The van der Waals surface area contributed by atoms with Crippen molar-refractivity contribution in [3.05, 3.63) is 58.6 Å². The molecule has 1 aromatic heterocycles. The standard InChI is InChI=1S/C23H24F2N2O3S/c1-3-5-15-6-8-17(9-7-15)27(21(28)10-11-22(29)30-4-2)14-20-26-19-13-16(24)12-18(25)23(19)31-20/h6-9,12-13H,3-5,10-11,14H2,1-2H3. The van der Waals surface area contributed by atoms with Crippen molar-refractivity contribution in [2.24, 2.45) is 0 Å². The van der Waals surface area contributed by atoms with Crippen LogP contribution in [0.4, 0.5) is 14.5 Å². The molecule has 0 bridgehead atoms. The number of fused-ring (bicyclic) bond motifs is 1. The maximum Gasteiger partial charge on any atom is 0.306 e. The molecule has 0 radical (unpaired) electrons. The summed E-state index contributed by atoms with van der Waals surface area (Å²) in [7, 11) is 0. The highest BCUT2D eigenvalue weighted by molar-refractivity contribution is 7.18. The Morgan fingerprint density at radius 1 is 1.10 bits per heavy atom. The van der Waals surface area contributed by atoms with Crippen molar-refractivity contribution >= 4 is 39.1 Å². The summed E-state index contributed by atoms with van der Waals surface area (Å²) in [6, 6.07) is 9.60. The maximum absolute atomic E-state index is 14.1. The van der Waals surface area contributed by atoms with E-state index in [0.29, 0.717) is 10.7 Å². The minimum Gasteiger partial charge on any atom is -0.466 e. The maximum atomic E-state index is 14.1. The number of halogens is 2. The molecule has 0 spiro atoms. The molecule has 0 atom stereocenters. The minimum atomic E-state index is -0.698. The number of benzene rings is 2. The predicted molar refractivity (Wildman–Crippen MR) is 117 cm³/mol. The van der Waals surface area contributed by atoms with Crippen LogP contribution in [0, 0.1) is 11.6 Å². The van der Waals surface area contributed by atoms with Gasteiger partial charge in [-0.15, -0.1) is 11.3 Å². The van der Waals surface area contributed by atoms with Crippen LogP contribution in [0.3, 0.4) is 0 Å². The van der Waals surface area contributed by atoms with Crippen LogP contribution in [-0.4, -0.2) is 23.5 Å². The first kappa shape index (κ1) is 22.8. The smallest absolute Gasteiger partial charge is 0.306 e. The lowest BCUT2D eigenvalue weighted by Gasteiger charge is -2.22. The number of ether oxygens (including phenoxy) is 1. The molecule has 0 N–H and O–H groups in total. The zero-order valence-corrected chi connectivity index (χ0v) is 18.3. The van der Waals surface area contributed by atoms with Gasteiger partial charge in [-0.2, -0.15) is 0 Å². The van der Waals surface area contributed by atoms with Gasteiger partial charge in [0, 0.05) is 24.2 Å². The van der Waals surface area contributed by atoms with Gasteiger partial charge in [-0.25, -0.2) is 13.8 Å². The highest BCUT2D eigenvalue weighted by atomic mass is 32.1. The molecule has 5 nitrogen and oxygen atoms in total. The highest BCUT2D eigenvalue weighted by Crippen LogP contribution is 2.28. The summed E-state index contributed by atoms with van der Waals surface area (Å²) in [4.78, 5) is 30.5. The van der Waals surface area contributed by atoms with Crippen LogP contribution < -0.4 is 4.90 Å². The third-order valence-corrected chi connectivity index (χ3v) is 5.75. The molecule has 0 saturated heterocycles. The zero-order chi connectivity index (χ0) is 22.4. The van der Waals surface area contributed by atoms with E-state index >= 15 is 0 Å². The Balaban J connectivity index is 1.86. The van der Waals surface area contributed by atoms with Gasteiger partial charge in [0.1, 0.15) is 16.6 Å². The monoisotopic (exact) mass is 446 g/mol. The normalized spacial score (nSPS) is 11.0. The number of anilines is 1. The first-order valence-corrected chi connectivity index (χ1v) is 11.0. The van der Waals surface area contributed by atoms with Gasteiger partial charge >= 0.3 is 5.97 Å². The van der Waals surface area contributed by atoms with E-state index in [2.05, 4.69) is 11.9 Å². The fraction of sp³-hybridized carbons (Fsp3) is 0.348. The van der Waals surface area contributed by atoms with Crippen molar-refractivity contribution in [3.8, 4) is 0 Å². The largest absolute Gasteiger partial charge is 0.466 e. The fourth-order valence-corrected chi connectivity index (χ4v) is 4.18. The predicted octanol–water partition coefficient (Wildman–Crippen LogP) is 5.40. The van der Waals surface area contributed by atoms with Gasteiger partial charge in [0.05, 0.1) is 29.8 Å². The number of hydrogen-bond acceptors (Lipinski definition) is 5. The Labute approximate surface area is 183 Å². The van der Waals surface area contributed by atoms with Crippen LogP contribution in [0.1, 0.15) is 43.7 Å². The molecule has 0 aliphatic rings. The molecule has 0 saturated carbocycles. The number of amides is 1. The molecule has 0 fully saturated rings.